The van der Waals surface area contributed by atoms with Gasteiger partial charge in [-0.25, -0.2) is 4.98 Å². The maximum Gasteiger partial charge on any atom is 0.191 e. The molecular weight excluding hydrogens is 427 g/mol. The van der Waals surface area contributed by atoms with Gasteiger partial charge in [0.25, 0.3) is 0 Å². The SMILES string of the molecule is CN=C(NCCN(C(C)C)C(C)C)NCc1nccn1CC(C)C.I. The number of hydrogen-bond donors (Lipinski definition) is 2. The number of guanidine groups is 1. The highest BCUT2D eigenvalue weighted by molar-refractivity contribution is 14.0. The van der Waals surface area contributed by atoms with Gasteiger partial charge in [-0.15, -0.1) is 24.0 Å². The fourth-order valence-corrected chi connectivity index (χ4v) is 2.87. The molecule has 1 rings (SSSR count). The number of nitrogens with one attached hydrogen (secondary N) is 2. The molecule has 0 aromatic carbocycles. The maximum absolute atomic E-state index is 4.44. The normalized spacial score (nSPS) is 12.2. The monoisotopic (exact) mass is 464 g/mol. The van der Waals surface area contributed by atoms with Gasteiger partial charge in [0.2, 0.25) is 0 Å². The van der Waals surface area contributed by atoms with Crippen molar-refractivity contribution in [1.29, 1.82) is 0 Å². The van der Waals surface area contributed by atoms with Crippen molar-refractivity contribution in [3.8, 4) is 0 Å². The van der Waals surface area contributed by atoms with Crippen LogP contribution in [0, 0.1) is 5.92 Å². The lowest BCUT2D eigenvalue weighted by atomic mass is 10.2. The maximum atomic E-state index is 4.44. The van der Waals surface area contributed by atoms with E-state index in [1.54, 1.807) is 7.05 Å². The van der Waals surface area contributed by atoms with Gasteiger partial charge in [-0.3, -0.25) is 9.89 Å². The molecule has 1 aromatic rings. The number of aromatic nitrogens is 2. The largest absolute Gasteiger partial charge is 0.355 e. The molecule has 0 atom stereocenters. The van der Waals surface area contributed by atoms with E-state index in [1.807, 2.05) is 12.4 Å². The minimum atomic E-state index is 0. The van der Waals surface area contributed by atoms with E-state index in [-0.39, 0.29) is 24.0 Å². The summed E-state index contributed by atoms with van der Waals surface area (Å²) >= 11 is 0. The zero-order valence-electron chi connectivity index (χ0n) is 16.9. The quantitative estimate of drug-likeness (QED) is 0.335. The number of imidazole rings is 1. The molecule has 25 heavy (non-hydrogen) atoms. The Hall–Kier alpha value is -0.830. The summed E-state index contributed by atoms with van der Waals surface area (Å²) in [4.78, 5) is 11.2. The minimum absolute atomic E-state index is 0. The summed E-state index contributed by atoms with van der Waals surface area (Å²) in [7, 11) is 1.80. The summed E-state index contributed by atoms with van der Waals surface area (Å²) in [6.45, 7) is 16.9. The van der Waals surface area contributed by atoms with Crippen molar-refractivity contribution in [2.45, 2.75) is 66.7 Å². The van der Waals surface area contributed by atoms with Crippen LogP contribution in [0.2, 0.25) is 0 Å². The lowest BCUT2D eigenvalue weighted by molar-refractivity contribution is 0.178. The van der Waals surface area contributed by atoms with Gasteiger partial charge in [0, 0.05) is 51.2 Å². The summed E-state index contributed by atoms with van der Waals surface area (Å²) in [5, 5.41) is 6.75. The molecule has 6 nitrogen and oxygen atoms in total. The van der Waals surface area contributed by atoms with Gasteiger partial charge in [-0.1, -0.05) is 13.8 Å². The van der Waals surface area contributed by atoms with Crippen LogP contribution in [0.4, 0.5) is 0 Å². The first-order valence-electron chi connectivity index (χ1n) is 9.05. The van der Waals surface area contributed by atoms with Crippen LogP contribution < -0.4 is 10.6 Å². The fraction of sp³-hybridized carbons (Fsp3) is 0.778. The van der Waals surface area contributed by atoms with E-state index < -0.39 is 0 Å². The van der Waals surface area contributed by atoms with Gasteiger partial charge < -0.3 is 15.2 Å². The van der Waals surface area contributed by atoms with E-state index >= 15 is 0 Å². The summed E-state index contributed by atoms with van der Waals surface area (Å²) in [5.41, 5.74) is 0. The average molecular weight is 464 g/mol. The molecule has 0 spiro atoms. The minimum Gasteiger partial charge on any atom is -0.355 e. The second-order valence-electron chi connectivity index (χ2n) is 7.17. The predicted octanol–water partition coefficient (Wildman–Crippen LogP) is 2.94. The van der Waals surface area contributed by atoms with Crippen LogP contribution in [0.5, 0.6) is 0 Å². The van der Waals surface area contributed by atoms with E-state index in [4.69, 9.17) is 0 Å². The summed E-state index contributed by atoms with van der Waals surface area (Å²) in [5.74, 6) is 2.47. The third kappa shape index (κ3) is 8.89. The Morgan fingerprint density at radius 3 is 2.32 bits per heavy atom. The van der Waals surface area contributed by atoms with Gasteiger partial charge in [-0.2, -0.15) is 0 Å². The zero-order valence-corrected chi connectivity index (χ0v) is 19.2. The van der Waals surface area contributed by atoms with Crippen molar-refractivity contribution in [3.05, 3.63) is 18.2 Å². The molecule has 0 aliphatic rings. The Balaban J connectivity index is 0.00000576. The van der Waals surface area contributed by atoms with Crippen LogP contribution in [0.1, 0.15) is 47.4 Å². The molecule has 0 aliphatic heterocycles. The van der Waals surface area contributed by atoms with Crippen LogP contribution >= 0.6 is 24.0 Å². The molecule has 2 N–H and O–H groups in total. The molecule has 0 saturated carbocycles. The Morgan fingerprint density at radius 1 is 1.16 bits per heavy atom. The van der Waals surface area contributed by atoms with Gasteiger partial charge in [-0.05, 0) is 33.6 Å². The van der Waals surface area contributed by atoms with Crippen molar-refractivity contribution in [2.24, 2.45) is 10.9 Å². The fourth-order valence-electron chi connectivity index (χ4n) is 2.87. The molecule has 0 radical (unpaired) electrons. The number of aliphatic imine (C=N–C) groups is 1. The predicted molar refractivity (Wildman–Crippen MR) is 118 cm³/mol. The molecule has 146 valence electrons. The highest BCUT2D eigenvalue weighted by Crippen LogP contribution is 2.04. The highest BCUT2D eigenvalue weighted by Gasteiger charge is 2.13. The molecule has 1 aromatic heterocycles. The van der Waals surface area contributed by atoms with E-state index in [0.29, 0.717) is 24.5 Å². The summed E-state index contributed by atoms with van der Waals surface area (Å²) in [6, 6.07) is 1.09. The average Bonchev–Trinajstić information content (AvgIpc) is 2.92. The number of nitrogens with zero attached hydrogens (tertiary/aromatic N) is 4. The number of rotatable bonds is 9. The lowest BCUT2D eigenvalue weighted by Gasteiger charge is -2.30. The van der Waals surface area contributed by atoms with Crippen molar-refractivity contribution in [2.75, 3.05) is 20.1 Å². The standard InChI is InChI=1S/C18H36N6.HI/c1-14(2)13-23-10-8-20-17(23)12-22-18(19-7)21-9-11-24(15(3)4)16(5)6;/h8,10,14-16H,9,11-13H2,1-7H3,(H2,19,21,22);1H. The number of halogens is 1. The molecule has 7 heteroatoms. The van der Waals surface area contributed by atoms with Gasteiger partial charge in [0.15, 0.2) is 5.96 Å². The summed E-state index contributed by atoms with van der Waals surface area (Å²) in [6.07, 6.45) is 3.90. The Labute approximate surface area is 170 Å². The second kappa shape index (κ2) is 12.5. The first kappa shape index (κ1) is 24.2. The highest BCUT2D eigenvalue weighted by atomic mass is 127. The smallest absolute Gasteiger partial charge is 0.191 e. The van der Waals surface area contributed by atoms with Gasteiger partial charge in [0.05, 0.1) is 6.54 Å². The Morgan fingerprint density at radius 2 is 1.80 bits per heavy atom. The molecule has 0 saturated heterocycles. The van der Waals surface area contributed by atoms with E-state index in [0.717, 1.165) is 31.4 Å². The summed E-state index contributed by atoms with van der Waals surface area (Å²) < 4.78 is 2.20. The second-order valence-corrected chi connectivity index (χ2v) is 7.17. The molecule has 0 amide bonds. The Bertz CT molecular complexity index is 488. The van der Waals surface area contributed by atoms with Crippen molar-refractivity contribution < 1.29 is 0 Å². The first-order valence-corrected chi connectivity index (χ1v) is 9.05. The van der Waals surface area contributed by atoms with Crippen molar-refractivity contribution >= 4 is 29.9 Å². The van der Waals surface area contributed by atoms with E-state index in [2.05, 4.69) is 71.6 Å². The molecule has 1 heterocycles. The third-order valence-corrected chi connectivity index (χ3v) is 3.99. The van der Waals surface area contributed by atoms with Crippen LogP contribution in [-0.2, 0) is 13.1 Å². The first-order chi connectivity index (χ1) is 11.3. The topological polar surface area (TPSA) is 57.5 Å². The Kier molecular flexibility index (Phi) is 12.1. The molecule has 0 unspecified atom stereocenters. The molecule has 0 fully saturated rings. The lowest BCUT2D eigenvalue weighted by Crippen LogP contribution is -2.45. The van der Waals surface area contributed by atoms with Gasteiger partial charge >= 0.3 is 0 Å². The van der Waals surface area contributed by atoms with Gasteiger partial charge in [0.1, 0.15) is 5.82 Å². The molecular formula is C18H37IN6. The molecule has 0 bridgehead atoms. The molecule has 0 aliphatic carbocycles. The van der Waals surface area contributed by atoms with Crippen molar-refractivity contribution in [1.82, 2.24) is 25.1 Å². The van der Waals surface area contributed by atoms with Crippen LogP contribution in [0.3, 0.4) is 0 Å². The number of hydrogen-bond acceptors (Lipinski definition) is 3. The van der Waals surface area contributed by atoms with E-state index in [1.165, 1.54) is 0 Å². The third-order valence-electron chi connectivity index (χ3n) is 3.99. The van der Waals surface area contributed by atoms with Crippen LogP contribution in [-0.4, -0.2) is 52.6 Å². The van der Waals surface area contributed by atoms with Crippen LogP contribution in [0.15, 0.2) is 17.4 Å². The van der Waals surface area contributed by atoms with Crippen LogP contribution in [0.25, 0.3) is 0 Å². The zero-order chi connectivity index (χ0) is 18.1. The van der Waals surface area contributed by atoms with Crippen molar-refractivity contribution in [3.63, 3.8) is 0 Å². The van der Waals surface area contributed by atoms with E-state index in [9.17, 15) is 0 Å².